The number of anilines is 1. The van der Waals surface area contributed by atoms with Crippen LogP contribution in [0.3, 0.4) is 0 Å². The van der Waals surface area contributed by atoms with Gasteiger partial charge in [-0.15, -0.1) is 0 Å². The molecular formula is C15H24N2. The Labute approximate surface area is 105 Å². The van der Waals surface area contributed by atoms with Gasteiger partial charge in [0.25, 0.3) is 0 Å². The van der Waals surface area contributed by atoms with Crippen LogP contribution in [0.15, 0.2) is 18.2 Å². The molecule has 1 aliphatic rings. The summed E-state index contributed by atoms with van der Waals surface area (Å²) in [5.74, 6) is 0.888. The normalized spacial score (nSPS) is 19.9. The molecule has 17 heavy (non-hydrogen) atoms. The molecule has 1 atom stereocenters. The summed E-state index contributed by atoms with van der Waals surface area (Å²) >= 11 is 0. The van der Waals surface area contributed by atoms with Gasteiger partial charge < -0.3 is 10.6 Å². The number of hydrogen-bond donors (Lipinski definition) is 1. The SMILES string of the molecule is CCC1CCN(c2ccc(CCN)c(C)c2)C1. The Bertz CT molecular complexity index is 373. The third kappa shape index (κ3) is 2.81. The molecule has 2 N–H and O–H groups in total. The molecule has 2 heteroatoms. The second kappa shape index (κ2) is 5.54. The minimum Gasteiger partial charge on any atom is -0.371 e. The second-order valence-corrected chi connectivity index (χ2v) is 5.16. The Kier molecular flexibility index (Phi) is 4.06. The van der Waals surface area contributed by atoms with Crippen molar-refractivity contribution in [1.82, 2.24) is 0 Å². The van der Waals surface area contributed by atoms with Crippen molar-refractivity contribution >= 4 is 5.69 Å². The lowest BCUT2D eigenvalue weighted by atomic mass is 10.0. The molecule has 0 spiro atoms. The van der Waals surface area contributed by atoms with Crippen molar-refractivity contribution in [2.45, 2.75) is 33.1 Å². The lowest BCUT2D eigenvalue weighted by molar-refractivity contribution is 0.569. The van der Waals surface area contributed by atoms with Crippen LogP contribution < -0.4 is 10.6 Å². The molecule has 0 aliphatic carbocycles. The fourth-order valence-corrected chi connectivity index (χ4v) is 2.71. The van der Waals surface area contributed by atoms with E-state index in [9.17, 15) is 0 Å². The highest BCUT2D eigenvalue weighted by atomic mass is 15.1. The maximum Gasteiger partial charge on any atom is 0.0369 e. The van der Waals surface area contributed by atoms with Gasteiger partial charge in [0, 0.05) is 18.8 Å². The van der Waals surface area contributed by atoms with Gasteiger partial charge in [0.1, 0.15) is 0 Å². The largest absolute Gasteiger partial charge is 0.371 e. The van der Waals surface area contributed by atoms with Gasteiger partial charge in [-0.2, -0.15) is 0 Å². The predicted octanol–water partition coefficient (Wildman–Crippen LogP) is 2.73. The van der Waals surface area contributed by atoms with Crippen molar-refractivity contribution in [3.05, 3.63) is 29.3 Å². The van der Waals surface area contributed by atoms with Crippen LogP contribution in [0.2, 0.25) is 0 Å². The van der Waals surface area contributed by atoms with E-state index in [2.05, 4.69) is 36.9 Å². The number of hydrogen-bond acceptors (Lipinski definition) is 2. The van der Waals surface area contributed by atoms with Gasteiger partial charge in [0.05, 0.1) is 0 Å². The molecule has 1 aromatic carbocycles. The van der Waals surface area contributed by atoms with Crippen LogP contribution in [-0.4, -0.2) is 19.6 Å². The van der Waals surface area contributed by atoms with Gasteiger partial charge in [-0.05, 0) is 55.5 Å². The monoisotopic (exact) mass is 232 g/mol. The number of rotatable bonds is 4. The van der Waals surface area contributed by atoms with Crippen molar-refractivity contribution in [1.29, 1.82) is 0 Å². The molecule has 1 aliphatic heterocycles. The maximum atomic E-state index is 5.62. The summed E-state index contributed by atoms with van der Waals surface area (Å²) in [6.45, 7) is 7.67. The Morgan fingerprint density at radius 3 is 2.82 bits per heavy atom. The third-order valence-corrected chi connectivity index (χ3v) is 3.97. The molecule has 1 aromatic rings. The number of nitrogens with zero attached hydrogens (tertiary/aromatic N) is 1. The minimum atomic E-state index is 0.738. The van der Waals surface area contributed by atoms with Crippen LogP contribution in [0.5, 0.6) is 0 Å². The van der Waals surface area contributed by atoms with E-state index in [4.69, 9.17) is 5.73 Å². The summed E-state index contributed by atoms with van der Waals surface area (Å²) in [6, 6.07) is 6.83. The summed E-state index contributed by atoms with van der Waals surface area (Å²) in [5.41, 5.74) is 9.78. The quantitative estimate of drug-likeness (QED) is 0.865. The summed E-state index contributed by atoms with van der Waals surface area (Å²) in [7, 11) is 0. The number of nitrogens with two attached hydrogens (primary N) is 1. The van der Waals surface area contributed by atoms with Crippen LogP contribution >= 0.6 is 0 Å². The van der Waals surface area contributed by atoms with Gasteiger partial charge >= 0.3 is 0 Å². The highest BCUT2D eigenvalue weighted by Gasteiger charge is 2.21. The molecule has 2 rings (SSSR count). The predicted molar refractivity (Wildman–Crippen MR) is 74.5 cm³/mol. The standard InChI is InChI=1S/C15H24N2/c1-3-13-7-9-17(11-13)15-5-4-14(6-8-16)12(2)10-15/h4-5,10,13H,3,6-9,11,16H2,1-2H3. The fraction of sp³-hybridized carbons (Fsp3) is 0.600. The van der Waals surface area contributed by atoms with E-state index in [1.54, 1.807) is 0 Å². The number of benzene rings is 1. The lowest BCUT2D eigenvalue weighted by Gasteiger charge is -2.20. The summed E-state index contributed by atoms with van der Waals surface area (Å²) in [6.07, 6.45) is 3.64. The van der Waals surface area contributed by atoms with E-state index < -0.39 is 0 Å². The Morgan fingerprint density at radius 1 is 1.41 bits per heavy atom. The molecule has 94 valence electrons. The second-order valence-electron chi connectivity index (χ2n) is 5.16. The third-order valence-electron chi connectivity index (χ3n) is 3.97. The first kappa shape index (κ1) is 12.4. The van der Waals surface area contributed by atoms with Crippen molar-refractivity contribution in [3.8, 4) is 0 Å². The minimum absolute atomic E-state index is 0.738. The average molecular weight is 232 g/mol. The zero-order valence-electron chi connectivity index (χ0n) is 11.1. The van der Waals surface area contributed by atoms with Crippen LogP contribution in [0.1, 0.15) is 30.9 Å². The summed E-state index contributed by atoms with van der Waals surface area (Å²) in [5, 5.41) is 0. The van der Waals surface area contributed by atoms with E-state index >= 15 is 0 Å². The Balaban J connectivity index is 2.09. The molecule has 1 fully saturated rings. The first-order valence-corrected chi connectivity index (χ1v) is 6.79. The van der Waals surface area contributed by atoms with Gasteiger partial charge in [0.15, 0.2) is 0 Å². The molecular weight excluding hydrogens is 208 g/mol. The lowest BCUT2D eigenvalue weighted by Crippen LogP contribution is -2.19. The van der Waals surface area contributed by atoms with E-state index in [1.807, 2.05) is 0 Å². The molecule has 1 unspecified atom stereocenters. The Hall–Kier alpha value is -1.02. The topological polar surface area (TPSA) is 29.3 Å². The van der Waals surface area contributed by atoms with Crippen molar-refractivity contribution in [2.24, 2.45) is 11.7 Å². The smallest absolute Gasteiger partial charge is 0.0369 e. The molecule has 0 aromatic heterocycles. The Morgan fingerprint density at radius 2 is 2.24 bits per heavy atom. The van der Waals surface area contributed by atoms with Crippen LogP contribution in [0.25, 0.3) is 0 Å². The fourth-order valence-electron chi connectivity index (χ4n) is 2.71. The highest BCUT2D eigenvalue weighted by Crippen LogP contribution is 2.27. The number of aryl methyl sites for hydroxylation is 1. The highest BCUT2D eigenvalue weighted by molar-refractivity contribution is 5.51. The van der Waals surface area contributed by atoms with E-state index in [0.29, 0.717) is 0 Å². The van der Waals surface area contributed by atoms with Crippen molar-refractivity contribution in [3.63, 3.8) is 0 Å². The first-order chi connectivity index (χ1) is 8.24. The summed E-state index contributed by atoms with van der Waals surface area (Å²) in [4.78, 5) is 2.52. The molecule has 0 amide bonds. The van der Waals surface area contributed by atoms with Crippen molar-refractivity contribution < 1.29 is 0 Å². The van der Waals surface area contributed by atoms with Gasteiger partial charge in [-0.1, -0.05) is 19.4 Å². The molecule has 0 saturated carbocycles. The van der Waals surface area contributed by atoms with Crippen molar-refractivity contribution in [2.75, 3.05) is 24.5 Å². The van der Waals surface area contributed by atoms with E-state index in [1.165, 1.54) is 42.7 Å². The van der Waals surface area contributed by atoms with Gasteiger partial charge in [0.2, 0.25) is 0 Å². The van der Waals surface area contributed by atoms with Gasteiger partial charge in [-0.25, -0.2) is 0 Å². The molecule has 0 bridgehead atoms. The zero-order chi connectivity index (χ0) is 12.3. The summed E-state index contributed by atoms with van der Waals surface area (Å²) < 4.78 is 0. The van der Waals surface area contributed by atoms with E-state index in [-0.39, 0.29) is 0 Å². The first-order valence-electron chi connectivity index (χ1n) is 6.79. The maximum absolute atomic E-state index is 5.62. The van der Waals surface area contributed by atoms with Gasteiger partial charge in [-0.3, -0.25) is 0 Å². The molecule has 1 saturated heterocycles. The zero-order valence-corrected chi connectivity index (χ0v) is 11.1. The molecule has 1 heterocycles. The van der Waals surface area contributed by atoms with Crippen LogP contribution in [0.4, 0.5) is 5.69 Å². The average Bonchev–Trinajstić information content (AvgIpc) is 2.80. The molecule has 0 radical (unpaired) electrons. The van der Waals surface area contributed by atoms with Crippen LogP contribution in [-0.2, 0) is 6.42 Å². The van der Waals surface area contributed by atoms with Crippen LogP contribution in [0, 0.1) is 12.8 Å². The molecule has 2 nitrogen and oxygen atoms in total. The van der Waals surface area contributed by atoms with E-state index in [0.717, 1.165) is 18.9 Å².